The number of aryl methyl sites for hydroxylation is 1. The molecule has 0 spiro atoms. The van der Waals surface area contributed by atoms with Gasteiger partial charge in [-0.1, -0.05) is 12.1 Å². The fourth-order valence-electron chi connectivity index (χ4n) is 2.19. The molecule has 2 rings (SSSR count). The smallest absolute Gasteiger partial charge is 0.0699 e. The Balaban J connectivity index is 1.75. The molecule has 0 unspecified atom stereocenters. The lowest BCUT2D eigenvalue weighted by molar-refractivity contribution is 0.0168. The maximum Gasteiger partial charge on any atom is 0.0699 e. The van der Waals surface area contributed by atoms with E-state index in [0.717, 1.165) is 30.9 Å². The molecule has 94 valence electrons. The minimum absolute atomic E-state index is 0.402. The molecule has 1 aliphatic heterocycles. The number of benzene rings is 1. The summed E-state index contributed by atoms with van der Waals surface area (Å²) < 4.78 is 5.68. The van der Waals surface area contributed by atoms with Crippen molar-refractivity contribution in [2.24, 2.45) is 0 Å². The molecule has 0 radical (unpaired) electrons. The predicted molar refractivity (Wildman–Crippen MR) is 70.9 cm³/mol. The molecule has 1 heterocycles. The van der Waals surface area contributed by atoms with E-state index in [1.165, 1.54) is 24.8 Å². The van der Waals surface area contributed by atoms with Crippen LogP contribution >= 0.6 is 0 Å². The zero-order valence-corrected chi connectivity index (χ0v) is 10.5. The van der Waals surface area contributed by atoms with Crippen LogP contribution in [0, 0.1) is 6.92 Å². The van der Waals surface area contributed by atoms with Gasteiger partial charge in [0.15, 0.2) is 0 Å². The van der Waals surface area contributed by atoms with E-state index in [9.17, 15) is 0 Å². The standard InChI is InChI=1S/C14H22N2O/c1-11-8-12(5-6-14(11)15)9-16-10-13-4-2-3-7-17-13/h5-6,8,13,16H,2-4,7,9-10,15H2,1H3/t13-/m1/s1. The molecule has 1 atom stereocenters. The Morgan fingerprint density at radius 2 is 2.29 bits per heavy atom. The first kappa shape index (κ1) is 12.4. The first-order chi connectivity index (χ1) is 8.25. The van der Waals surface area contributed by atoms with Gasteiger partial charge in [-0.25, -0.2) is 0 Å². The second kappa shape index (κ2) is 6.03. The van der Waals surface area contributed by atoms with Crippen molar-refractivity contribution in [3.8, 4) is 0 Å². The van der Waals surface area contributed by atoms with Crippen LogP contribution in [0.4, 0.5) is 5.69 Å². The molecule has 0 saturated carbocycles. The molecule has 0 aromatic heterocycles. The molecule has 1 aromatic rings. The Kier molecular flexibility index (Phi) is 4.40. The van der Waals surface area contributed by atoms with Gasteiger partial charge in [-0.15, -0.1) is 0 Å². The maximum absolute atomic E-state index is 5.79. The molecule has 3 heteroatoms. The van der Waals surface area contributed by atoms with E-state index in [4.69, 9.17) is 10.5 Å². The minimum Gasteiger partial charge on any atom is -0.399 e. The second-order valence-electron chi connectivity index (χ2n) is 4.81. The van der Waals surface area contributed by atoms with Gasteiger partial charge in [0.25, 0.3) is 0 Å². The van der Waals surface area contributed by atoms with Crippen molar-refractivity contribution in [1.82, 2.24) is 5.32 Å². The van der Waals surface area contributed by atoms with Gasteiger partial charge in [0.2, 0.25) is 0 Å². The SMILES string of the molecule is Cc1cc(CNC[C@H]2CCCCO2)ccc1N. The number of hydrogen-bond donors (Lipinski definition) is 2. The van der Waals surface area contributed by atoms with Gasteiger partial charge in [0.1, 0.15) is 0 Å². The zero-order valence-electron chi connectivity index (χ0n) is 10.5. The van der Waals surface area contributed by atoms with E-state index in [1.807, 2.05) is 13.0 Å². The number of hydrogen-bond acceptors (Lipinski definition) is 3. The van der Waals surface area contributed by atoms with Crippen LogP contribution in [0.2, 0.25) is 0 Å². The molecule has 1 aromatic carbocycles. The first-order valence-electron chi connectivity index (χ1n) is 6.43. The predicted octanol–water partition coefficient (Wildman–Crippen LogP) is 2.24. The van der Waals surface area contributed by atoms with E-state index in [1.54, 1.807) is 0 Å². The maximum atomic E-state index is 5.79. The molecule has 3 N–H and O–H groups in total. The van der Waals surface area contributed by atoms with E-state index >= 15 is 0 Å². The monoisotopic (exact) mass is 234 g/mol. The van der Waals surface area contributed by atoms with Gasteiger partial charge in [-0.2, -0.15) is 0 Å². The molecule has 0 aliphatic carbocycles. The van der Waals surface area contributed by atoms with Crippen LogP contribution in [0.1, 0.15) is 30.4 Å². The molecule has 3 nitrogen and oxygen atoms in total. The number of anilines is 1. The quantitative estimate of drug-likeness (QED) is 0.785. The summed E-state index contributed by atoms with van der Waals surface area (Å²) in [5, 5.41) is 3.45. The number of rotatable bonds is 4. The summed E-state index contributed by atoms with van der Waals surface area (Å²) in [6.07, 6.45) is 4.10. The van der Waals surface area contributed by atoms with Gasteiger partial charge in [0.05, 0.1) is 6.10 Å². The van der Waals surface area contributed by atoms with Crippen LogP contribution in [0.15, 0.2) is 18.2 Å². The summed E-state index contributed by atoms with van der Waals surface area (Å²) in [5.74, 6) is 0. The third-order valence-electron chi connectivity index (χ3n) is 3.31. The fourth-order valence-corrected chi connectivity index (χ4v) is 2.19. The highest BCUT2D eigenvalue weighted by Crippen LogP contribution is 2.14. The van der Waals surface area contributed by atoms with Crippen LogP contribution in [0.25, 0.3) is 0 Å². The van der Waals surface area contributed by atoms with Crippen molar-refractivity contribution in [2.75, 3.05) is 18.9 Å². The molecule has 1 aliphatic rings. The van der Waals surface area contributed by atoms with Crippen LogP contribution in [0.3, 0.4) is 0 Å². The van der Waals surface area contributed by atoms with Crippen molar-refractivity contribution in [1.29, 1.82) is 0 Å². The molecular formula is C14H22N2O. The third kappa shape index (κ3) is 3.72. The van der Waals surface area contributed by atoms with Gasteiger partial charge in [-0.3, -0.25) is 0 Å². The van der Waals surface area contributed by atoms with Gasteiger partial charge >= 0.3 is 0 Å². The van der Waals surface area contributed by atoms with Gasteiger partial charge in [-0.05, 0) is 43.4 Å². The number of nitrogens with two attached hydrogens (primary N) is 1. The van der Waals surface area contributed by atoms with E-state index in [-0.39, 0.29) is 0 Å². The van der Waals surface area contributed by atoms with E-state index in [0.29, 0.717) is 6.10 Å². The van der Waals surface area contributed by atoms with Gasteiger partial charge in [0, 0.05) is 25.4 Å². The number of nitrogen functional groups attached to an aromatic ring is 1. The summed E-state index contributed by atoms with van der Waals surface area (Å²) in [6.45, 7) is 4.81. The molecular weight excluding hydrogens is 212 g/mol. The topological polar surface area (TPSA) is 47.3 Å². The number of ether oxygens (including phenoxy) is 1. The Hall–Kier alpha value is -1.06. The normalized spacial score (nSPS) is 20.4. The Labute approximate surface area is 103 Å². The van der Waals surface area contributed by atoms with Crippen molar-refractivity contribution in [2.45, 2.75) is 38.8 Å². The largest absolute Gasteiger partial charge is 0.399 e. The van der Waals surface area contributed by atoms with Crippen LogP contribution in [-0.4, -0.2) is 19.3 Å². The average molecular weight is 234 g/mol. The highest BCUT2D eigenvalue weighted by molar-refractivity contribution is 5.47. The first-order valence-corrected chi connectivity index (χ1v) is 6.43. The summed E-state index contributed by atoms with van der Waals surface area (Å²) in [4.78, 5) is 0. The lowest BCUT2D eigenvalue weighted by Gasteiger charge is -2.22. The van der Waals surface area contributed by atoms with Crippen molar-refractivity contribution in [3.05, 3.63) is 29.3 Å². The number of nitrogens with one attached hydrogen (secondary N) is 1. The van der Waals surface area contributed by atoms with Gasteiger partial charge < -0.3 is 15.8 Å². The van der Waals surface area contributed by atoms with Crippen molar-refractivity contribution >= 4 is 5.69 Å². The molecule has 1 saturated heterocycles. The molecule has 0 bridgehead atoms. The third-order valence-corrected chi connectivity index (χ3v) is 3.31. The van der Waals surface area contributed by atoms with Crippen molar-refractivity contribution < 1.29 is 4.74 Å². The molecule has 0 amide bonds. The summed E-state index contributed by atoms with van der Waals surface area (Å²) in [7, 11) is 0. The lowest BCUT2D eigenvalue weighted by atomic mass is 10.1. The Morgan fingerprint density at radius 3 is 3.00 bits per heavy atom. The summed E-state index contributed by atoms with van der Waals surface area (Å²) >= 11 is 0. The highest BCUT2D eigenvalue weighted by atomic mass is 16.5. The average Bonchev–Trinajstić information content (AvgIpc) is 2.35. The Morgan fingerprint density at radius 1 is 1.41 bits per heavy atom. The Bertz CT molecular complexity index is 359. The highest BCUT2D eigenvalue weighted by Gasteiger charge is 2.12. The van der Waals surface area contributed by atoms with E-state index in [2.05, 4.69) is 17.4 Å². The minimum atomic E-state index is 0.402. The summed E-state index contributed by atoms with van der Waals surface area (Å²) in [6, 6.07) is 6.20. The van der Waals surface area contributed by atoms with Crippen LogP contribution in [0.5, 0.6) is 0 Å². The summed E-state index contributed by atoms with van der Waals surface area (Å²) in [5.41, 5.74) is 9.09. The fraction of sp³-hybridized carbons (Fsp3) is 0.571. The van der Waals surface area contributed by atoms with Crippen LogP contribution < -0.4 is 11.1 Å². The van der Waals surface area contributed by atoms with Crippen LogP contribution in [-0.2, 0) is 11.3 Å². The zero-order chi connectivity index (χ0) is 12.1. The lowest BCUT2D eigenvalue weighted by Crippen LogP contribution is -2.31. The molecule has 17 heavy (non-hydrogen) atoms. The van der Waals surface area contributed by atoms with E-state index < -0.39 is 0 Å². The second-order valence-corrected chi connectivity index (χ2v) is 4.81. The van der Waals surface area contributed by atoms with Crippen molar-refractivity contribution in [3.63, 3.8) is 0 Å². The molecule has 1 fully saturated rings.